The first-order valence-corrected chi connectivity index (χ1v) is 5.84. The summed E-state index contributed by atoms with van der Waals surface area (Å²) < 4.78 is 0. The Morgan fingerprint density at radius 3 is 2.24 bits per heavy atom. The summed E-state index contributed by atoms with van der Waals surface area (Å²) >= 11 is 0. The lowest BCUT2D eigenvalue weighted by Gasteiger charge is -1.99. The molecule has 0 unspecified atom stereocenters. The van der Waals surface area contributed by atoms with Gasteiger partial charge in [-0.1, -0.05) is 0 Å². The highest BCUT2D eigenvalue weighted by atomic mass is 16.4. The Labute approximate surface area is 121 Å². The fourth-order valence-corrected chi connectivity index (χ4v) is 1.39. The van der Waals surface area contributed by atoms with Crippen LogP contribution in [0.15, 0.2) is 47.6 Å². The van der Waals surface area contributed by atoms with Gasteiger partial charge in [-0.25, -0.2) is 4.79 Å². The van der Waals surface area contributed by atoms with Crippen LogP contribution >= 0.6 is 0 Å². The van der Waals surface area contributed by atoms with Gasteiger partial charge in [0.1, 0.15) is 5.75 Å². The number of phenolic OH excluding ortho intramolecular Hbond substituents is 1. The molecule has 0 radical (unpaired) electrons. The van der Waals surface area contributed by atoms with Crippen LogP contribution < -0.4 is 17.3 Å². The number of carboxylic acids is 1. The third kappa shape index (κ3) is 5.11. The quantitative estimate of drug-likeness (QED) is 0.243. The molecule has 0 aliphatic rings. The third-order valence-corrected chi connectivity index (χ3v) is 2.44. The highest BCUT2D eigenvalue weighted by Crippen LogP contribution is 2.12. The molecular weight excluding hydrogens is 272 g/mol. The van der Waals surface area contributed by atoms with Crippen molar-refractivity contribution in [3.05, 3.63) is 53.6 Å². The van der Waals surface area contributed by atoms with Crippen LogP contribution in [0, 0.1) is 0 Å². The zero-order valence-corrected chi connectivity index (χ0v) is 11.1. The monoisotopic (exact) mass is 288 g/mol. The summed E-state index contributed by atoms with van der Waals surface area (Å²) in [7, 11) is 0. The van der Waals surface area contributed by atoms with Gasteiger partial charge < -0.3 is 27.5 Å². The number of aromatic hydroxyl groups is 1. The average Bonchev–Trinajstić information content (AvgIpc) is 2.44. The molecule has 0 bridgehead atoms. The summed E-state index contributed by atoms with van der Waals surface area (Å²) in [5, 5.41) is 20.5. The molecule has 0 aliphatic carbocycles. The SMILES string of the molecule is NN=Cc1cc(N)ccc1N.O=C(O)c1ccc(O)cc1. The van der Waals surface area contributed by atoms with E-state index in [0.717, 1.165) is 5.56 Å². The minimum absolute atomic E-state index is 0.0741. The number of rotatable bonds is 2. The van der Waals surface area contributed by atoms with Crippen molar-refractivity contribution in [2.45, 2.75) is 0 Å². The van der Waals surface area contributed by atoms with Crippen LogP contribution in [0.2, 0.25) is 0 Å². The van der Waals surface area contributed by atoms with E-state index >= 15 is 0 Å². The van der Waals surface area contributed by atoms with Gasteiger partial charge in [0.25, 0.3) is 0 Å². The van der Waals surface area contributed by atoms with E-state index in [1.807, 2.05) is 0 Å². The number of carbonyl (C=O) groups is 1. The number of hydrazone groups is 1. The van der Waals surface area contributed by atoms with Crippen LogP contribution in [-0.2, 0) is 0 Å². The Hall–Kier alpha value is -3.22. The van der Waals surface area contributed by atoms with Gasteiger partial charge >= 0.3 is 5.97 Å². The van der Waals surface area contributed by atoms with E-state index in [0.29, 0.717) is 11.4 Å². The molecular formula is C14H16N4O3. The topological polar surface area (TPSA) is 148 Å². The summed E-state index contributed by atoms with van der Waals surface area (Å²) in [6.45, 7) is 0. The number of anilines is 2. The molecule has 0 aliphatic heterocycles. The lowest BCUT2D eigenvalue weighted by atomic mass is 10.2. The van der Waals surface area contributed by atoms with E-state index < -0.39 is 5.97 Å². The number of benzene rings is 2. The number of aromatic carboxylic acids is 1. The molecule has 0 fully saturated rings. The molecule has 2 rings (SSSR count). The summed E-state index contributed by atoms with van der Waals surface area (Å²) in [6, 6.07) is 10.5. The van der Waals surface area contributed by atoms with Gasteiger partial charge in [-0.15, -0.1) is 0 Å². The van der Waals surface area contributed by atoms with Crippen LogP contribution in [0.25, 0.3) is 0 Å². The molecule has 0 heterocycles. The van der Waals surface area contributed by atoms with Crippen molar-refractivity contribution in [2.75, 3.05) is 11.5 Å². The van der Waals surface area contributed by atoms with E-state index in [-0.39, 0.29) is 11.3 Å². The van der Waals surface area contributed by atoms with Crippen LogP contribution in [0.5, 0.6) is 5.75 Å². The molecule has 8 N–H and O–H groups in total. The zero-order chi connectivity index (χ0) is 15.8. The smallest absolute Gasteiger partial charge is 0.335 e. The van der Waals surface area contributed by atoms with Crippen LogP contribution in [0.1, 0.15) is 15.9 Å². The van der Waals surface area contributed by atoms with E-state index in [1.165, 1.54) is 30.5 Å². The largest absolute Gasteiger partial charge is 0.508 e. The Morgan fingerprint density at radius 1 is 1.10 bits per heavy atom. The van der Waals surface area contributed by atoms with Crippen molar-refractivity contribution in [2.24, 2.45) is 10.9 Å². The first-order valence-electron chi connectivity index (χ1n) is 5.84. The second-order valence-corrected chi connectivity index (χ2v) is 4.02. The van der Waals surface area contributed by atoms with Crippen LogP contribution in [0.4, 0.5) is 11.4 Å². The predicted octanol–water partition coefficient (Wildman–Crippen LogP) is 1.23. The molecule has 0 amide bonds. The minimum atomic E-state index is -0.986. The van der Waals surface area contributed by atoms with Gasteiger partial charge in [0.15, 0.2) is 0 Å². The van der Waals surface area contributed by atoms with Crippen LogP contribution in [-0.4, -0.2) is 22.4 Å². The van der Waals surface area contributed by atoms with Crippen molar-refractivity contribution in [1.82, 2.24) is 0 Å². The minimum Gasteiger partial charge on any atom is -0.508 e. The normalized spacial score (nSPS) is 9.90. The molecule has 0 saturated heterocycles. The van der Waals surface area contributed by atoms with Gasteiger partial charge in [0.05, 0.1) is 11.8 Å². The molecule has 7 nitrogen and oxygen atoms in total. The fourth-order valence-electron chi connectivity index (χ4n) is 1.39. The van der Waals surface area contributed by atoms with E-state index in [2.05, 4.69) is 5.10 Å². The van der Waals surface area contributed by atoms with Gasteiger partial charge in [-0.3, -0.25) is 0 Å². The molecule has 0 saturated carbocycles. The second kappa shape index (κ2) is 7.39. The van der Waals surface area contributed by atoms with Gasteiger partial charge in [0, 0.05) is 16.9 Å². The molecule has 7 heteroatoms. The number of nitrogens with zero attached hydrogens (tertiary/aromatic N) is 1. The fraction of sp³-hybridized carbons (Fsp3) is 0. The number of nitrogens with two attached hydrogens (primary N) is 3. The first-order chi connectivity index (χ1) is 9.93. The maximum atomic E-state index is 10.2. The lowest BCUT2D eigenvalue weighted by Crippen LogP contribution is -1.96. The Bertz CT molecular complexity index is 639. The highest BCUT2D eigenvalue weighted by molar-refractivity contribution is 5.88. The standard InChI is InChI=1S/C7H10N4.C7H6O3/c8-6-1-2-7(9)5(3-6)4-11-10;8-6-3-1-5(2-4-6)7(9)10/h1-4H,8-10H2;1-4,8H,(H,9,10). The first kappa shape index (κ1) is 15.8. The van der Waals surface area contributed by atoms with Gasteiger partial charge in [0.2, 0.25) is 0 Å². The molecule has 110 valence electrons. The summed E-state index contributed by atoms with van der Waals surface area (Å²) in [5.74, 6) is 4.04. The van der Waals surface area contributed by atoms with E-state index in [9.17, 15) is 4.79 Å². The number of nitrogen functional groups attached to an aromatic ring is 2. The second-order valence-electron chi connectivity index (χ2n) is 4.02. The lowest BCUT2D eigenvalue weighted by molar-refractivity contribution is 0.0697. The molecule has 21 heavy (non-hydrogen) atoms. The van der Waals surface area contributed by atoms with Crippen molar-refractivity contribution >= 4 is 23.6 Å². The highest BCUT2D eigenvalue weighted by Gasteiger charge is 1.99. The van der Waals surface area contributed by atoms with Gasteiger partial charge in [-0.05, 0) is 42.5 Å². The predicted molar refractivity (Wildman–Crippen MR) is 82.1 cm³/mol. The van der Waals surface area contributed by atoms with Crippen molar-refractivity contribution in [3.8, 4) is 5.75 Å². The number of hydrogen-bond donors (Lipinski definition) is 5. The Morgan fingerprint density at radius 2 is 1.71 bits per heavy atom. The molecule has 0 atom stereocenters. The van der Waals surface area contributed by atoms with Gasteiger partial charge in [-0.2, -0.15) is 5.10 Å². The van der Waals surface area contributed by atoms with Crippen LogP contribution in [0.3, 0.4) is 0 Å². The summed E-state index contributed by atoms with van der Waals surface area (Å²) in [4.78, 5) is 10.2. The molecule has 0 aromatic heterocycles. The zero-order valence-electron chi connectivity index (χ0n) is 11.1. The van der Waals surface area contributed by atoms with E-state index in [1.54, 1.807) is 18.2 Å². The number of phenols is 1. The number of carboxylic acid groups (broad SMARTS) is 1. The van der Waals surface area contributed by atoms with Crippen molar-refractivity contribution < 1.29 is 15.0 Å². The third-order valence-electron chi connectivity index (χ3n) is 2.44. The molecule has 0 spiro atoms. The summed E-state index contributed by atoms with van der Waals surface area (Å²) in [6.07, 6.45) is 1.46. The van der Waals surface area contributed by atoms with Crippen molar-refractivity contribution in [1.29, 1.82) is 0 Å². The Kier molecular flexibility index (Phi) is 5.57. The summed E-state index contributed by atoms with van der Waals surface area (Å²) in [5.41, 5.74) is 13.3. The van der Waals surface area contributed by atoms with Crippen molar-refractivity contribution in [3.63, 3.8) is 0 Å². The average molecular weight is 288 g/mol. The molecule has 2 aromatic carbocycles. The van der Waals surface area contributed by atoms with E-state index in [4.69, 9.17) is 27.5 Å². The Balaban J connectivity index is 0.000000211. The maximum Gasteiger partial charge on any atom is 0.335 e. The molecule has 2 aromatic rings. The maximum absolute atomic E-state index is 10.2. The number of hydrogen-bond acceptors (Lipinski definition) is 6.